The molecule has 116 valence electrons. The van der Waals surface area contributed by atoms with Crippen molar-refractivity contribution in [3.05, 3.63) is 90.5 Å². The van der Waals surface area contributed by atoms with Gasteiger partial charge < -0.3 is 9.30 Å². The smallest absolute Gasteiger partial charge is 0.310 e. The van der Waals surface area contributed by atoms with E-state index in [2.05, 4.69) is 4.98 Å². The van der Waals surface area contributed by atoms with Crippen molar-refractivity contribution >= 4 is 5.97 Å². The quantitative estimate of drug-likeness (QED) is 0.656. The summed E-state index contributed by atoms with van der Waals surface area (Å²) in [5, 5.41) is 0. The molecule has 0 saturated heterocycles. The van der Waals surface area contributed by atoms with Crippen LogP contribution in [0.4, 0.5) is 0 Å². The monoisotopic (exact) mass is 306 g/mol. The second-order valence-corrected chi connectivity index (χ2v) is 5.31. The molecule has 1 aromatic heterocycles. The number of rotatable bonds is 6. The topological polar surface area (TPSA) is 44.1 Å². The van der Waals surface area contributed by atoms with Crippen LogP contribution in [-0.2, 0) is 22.5 Å². The fraction of sp³-hybridized carbons (Fsp3) is 0.158. The van der Waals surface area contributed by atoms with Gasteiger partial charge in [0.05, 0.1) is 19.3 Å². The Morgan fingerprint density at radius 3 is 2.39 bits per heavy atom. The Bertz CT molecular complexity index is 725. The summed E-state index contributed by atoms with van der Waals surface area (Å²) in [6, 6.07) is 19.4. The number of ether oxygens (including phenoxy) is 1. The van der Waals surface area contributed by atoms with Gasteiger partial charge >= 0.3 is 5.97 Å². The molecule has 4 nitrogen and oxygen atoms in total. The Morgan fingerprint density at radius 1 is 1.04 bits per heavy atom. The zero-order valence-corrected chi connectivity index (χ0v) is 12.7. The molecule has 1 unspecified atom stereocenters. The van der Waals surface area contributed by atoms with Crippen molar-refractivity contribution in [1.29, 1.82) is 0 Å². The first kappa shape index (κ1) is 15.0. The van der Waals surface area contributed by atoms with Crippen LogP contribution in [-0.4, -0.2) is 15.5 Å². The van der Waals surface area contributed by atoms with Crippen LogP contribution < -0.4 is 0 Å². The lowest BCUT2D eigenvalue weighted by Gasteiger charge is -2.19. The average Bonchev–Trinajstić information content (AvgIpc) is 3.09. The number of aromatic nitrogens is 2. The summed E-state index contributed by atoms with van der Waals surface area (Å²) in [6.07, 6.45) is 5.24. The van der Waals surface area contributed by atoms with Crippen molar-refractivity contribution in [3.8, 4) is 0 Å². The van der Waals surface area contributed by atoms with Gasteiger partial charge in [-0.15, -0.1) is 0 Å². The molecule has 0 aliphatic heterocycles. The second-order valence-electron chi connectivity index (χ2n) is 5.31. The highest BCUT2D eigenvalue weighted by Crippen LogP contribution is 2.20. The van der Waals surface area contributed by atoms with E-state index in [0.29, 0.717) is 6.54 Å². The third kappa shape index (κ3) is 4.30. The molecule has 0 radical (unpaired) electrons. The number of hydrogen-bond donors (Lipinski definition) is 0. The van der Waals surface area contributed by atoms with Gasteiger partial charge in [0.2, 0.25) is 0 Å². The van der Waals surface area contributed by atoms with E-state index in [-0.39, 0.29) is 18.5 Å². The molecule has 0 spiro atoms. The molecular formula is C19H18N2O2. The molecule has 3 aromatic rings. The van der Waals surface area contributed by atoms with E-state index in [1.165, 1.54) is 0 Å². The third-order valence-electron chi connectivity index (χ3n) is 3.57. The summed E-state index contributed by atoms with van der Waals surface area (Å²) in [5.41, 5.74) is 1.93. The Hall–Kier alpha value is -2.88. The first-order valence-electron chi connectivity index (χ1n) is 7.55. The van der Waals surface area contributed by atoms with Gasteiger partial charge in [-0.3, -0.25) is 4.79 Å². The number of hydrogen-bond acceptors (Lipinski definition) is 3. The van der Waals surface area contributed by atoms with Crippen LogP contribution in [0, 0.1) is 0 Å². The number of carbonyl (C=O) groups is 1. The van der Waals surface area contributed by atoms with Crippen LogP contribution in [0.5, 0.6) is 0 Å². The Balaban J connectivity index is 1.72. The van der Waals surface area contributed by atoms with Crippen LogP contribution in [0.25, 0.3) is 0 Å². The molecule has 23 heavy (non-hydrogen) atoms. The second kappa shape index (κ2) is 7.40. The van der Waals surface area contributed by atoms with Crippen molar-refractivity contribution in [2.45, 2.75) is 19.1 Å². The van der Waals surface area contributed by atoms with E-state index in [9.17, 15) is 4.79 Å². The fourth-order valence-electron chi connectivity index (χ4n) is 2.43. The van der Waals surface area contributed by atoms with Gasteiger partial charge in [-0.25, -0.2) is 4.98 Å². The van der Waals surface area contributed by atoms with E-state index in [0.717, 1.165) is 11.1 Å². The minimum Gasteiger partial charge on any atom is -0.455 e. The summed E-state index contributed by atoms with van der Waals surface area (Å²) in [5.74, 6) is -0.231. The summed E-state index contributed by atoms with van der Waals surface area (Å²) in [7, 11) is 0. The van der Waals surface area contributed by atoms with Gasteiger partial charge in [-0.1, -0.05) is 60.7 Å². The number of esters is 1. The van der Waals surface area contributed by atoms with Gasteiger partial charge in [-0.05, 0) is 11.1 Å². The minimum atomic E-state index is -0.332. The number of nitrogens with zero attached hydrogens (tertiary/aromatic N) is 2. The molecule has 0 fully saturated rings. The Kier molecular flexibility index (Phi) is 4.84. The van der Waals surface area contributed by atoms with Gasteiger partial charge in [-0.2, -0.15) is 0 Å². The summed E-state index contributed by atoms with van der Waals surface area (Å²) in [6.45, 7) is 0.546. The highest BCUT2D eigenvalue weighted by atomic mass is 16.5. The lowest BCUT2D eigenvalue weighted by atomic mass is 10.1. The lowest BCUT2D eigenvalue weighted by Crippen LogP contribution is -2.17. The molecule has 0 amide bonds. The maximum absolute atomic E-state index is 12.3. The van der Waals surface area contributed by atoms with Crippen LogP contribution in [0.1, 0.15) is 17.2 Å². The molecule has 2 aromatic carbocycles. The summed E-state index contributed by atoms with van der Waals surface area (Å²) < 4.78 is 7.64. The van der Waals surface area contributed by atoms with Gasteiger partial charge in [0.25, 0.3) is 0 Å². The minimum absolute atomic E-state index is 0.231. The Morgan fingerprint density at radius 2 is 1.74 bits per heavy atom. The van der Waals surface area contributed by atoms with E-state index >= 15 is 0 Å². The Labute approximate surface area is 135 Å². The largest absolute Gasteiger partial charge is 0.455 e. The van der Waals surface area contributed by atoms with E-state index < -0.39 is 0 Å². The number of imidazole rings is 1. The van der Waals surface area contributed by atoms with Crippen LogP contribution in [0.15, 0.2) is 79.4 Å². The highest BCUT2D eigenvalue weighted by molar-refractivity contribution is 5.72. The van der Waals surface area contributed by atoms with Crippen LogP contribution in [0.2, 0.25) is 0 Å². The molecule has 0 saturated carbocycles. The van der Waals surface area contributed by atoms with E-state index in [4.69, 9.17) is 4.74 Å². The van der Waals surface area contributed by atoms with Crippen LogP contribution in [0.3, 0.4) is 0 Å². The first-order valence-corrected chi connectivity index (χ1v) is 7.55. The highest BCUT2D eigenvalue weighted by Gasteiger charge is 2.17. The molecule has 0 N–H and O–H groups in total. The first-order chi connectivity index (χ1) is 11.3. The van der Waals surface area contributed by atoms with Crippen LogP contribution >= 0.6 is 0 Å². The zero-order chi connectivity index (χ0) is 15.9. The van der Waals surface area contributed by atoms with Gasteiger partial charge in [0.15, 0.2) is 0 Å². The average molecular weight is 306 g/mol. The van der Waals surface area contributed by atoms with Gasteiger partial charge in [0.1, 0.15) is 6.10 Å². The number of benzene rings is 2. The third-order valence-corrected chi connectivity index (χ3v) is 3.57. The molecule has 0 aliphatic rings. The lowest BCUT2D eigenvalue weighted by molar-refractivity contribution is -0.149. The van der Waals surface area contributed by atoms with Gasteiger partial charge in [0, 0.05) is 12.4 Å². The van der Waals surface area contributed by atoms with E-state index in [1.807, 2.05) is 71.4 Å². The maximum Gasteiger partial charge on any atom is 0.310 e. The molecule has 4 heteroatoms. The molecule has 1 heterocycles. The molecule has 3 rings (SSSR count). The van der Waals surface area contributed by atoms with Crippen molar-refractivity contribution in [2.24, 2.45) is 0 Å². The number of carbonyl (C=O) groups excluding carboxylic acids is 1. The molecular weight excluding hydrogens is 288 g/mol. The molecule has 0 aliphatic carbocycles. The predicted molar refractivity (Wildman–Crippen MR) is 87.6 cm³/mol. The molecule has 0 bridgehead atoms. The SMILES string of the molecule is O=C(Cc1ccccc1)OC(Cn1ccnc1)c1ccccc1. The maximum atomic E-state index is 12.3. The van der Waals surface area contributed by atoms with Crippen molar-refractivity contribution < 1.29 is 9.53 Å². The fourth-order valence-corrected chi connectivity index (χ4v) is 2.43. The zero-order valence-electron chi connectivity index (χ0n) is 12.7. The summed E-state index contributed by atoms with van der Waals surface area (Å²) in [4.78, 5) is 16.3. The standard InChI is InChI=1S/C19H18N2O2/c22-19(13-16-7-3-1-4-8-16)23-18(14-21-12-11-20-15-21)17-9-5-2-6-10-17/h1-12,15,18H,13-14H2. The van der Waals surface area contributed by atoms with E-state index in [1.54, 1.807) is 12.5 Å². The van der Waals surface area contributed by atoms with Crippen molar-refractivity contribution in [2.75, 3.05) is 0 Å². The normalized spacial score (nSPS) is 11.8. The van der Waals surface area contributed by atoms with Crippen molar-refractivity contribution in [3.63, 3.8) is 0 Å². The van der Waals surface area contributed by atoms with Crippen molar-refractivity contribution in [1.82, 2.24) is 9.55 Å². The molecule has 1 atom stereocenters. The predicted octanol–water partition coefficient (Wildman–Crippen LogP) is 3.41. The summed E-state index contributed by atoms with van der Waals surface area (Å²) >= 11 is 0.